The van der Waals surface area contributed by atoms with E-state index in [1.807, 2.05) is 12.3 Å². The van der Waals surface area contributed by atoms with E-state index in [0.717, 1.165) is 48.3 Å². The van der Waals surface area contributed by atoms with Gasteiger partial charge in [0.15, 0.2) is 0 Å². The molecule has 0 amide bonds. The predicted octanol–water partition coefficient (Wildman–Crippen LogP) is 2.84. The van der Waals surface area contributed by atoms with Crippen molar-refractivity contribution in [3.63, 3.8) is 0 Å². The lowest BCUT2D eigenvalue weighted by atomic mass is 9.93. The summed E-state index contributed by atoms with van der Waals surface area (Å²) in [7, 11) is 0. The van der Waals surface area contributed by atoms with Crippen LogP contribution in [0.4, 0.5) is 11.8 Å². The third kappa shape index (κ3) is 2.86. The Morgan fingerprint density at radius 3 is 2.85 bits per heavy atom. The van der Waals surface area contributed by atoms with Crippen LogP contribution < -0.4 is 10.6 Å². The number of nitrogens with zero attached hydrogens (tertiary/aromatic N) is 2. The van der Waals surface area contributed by atoms with Crippen LogP contribution in [0, 0.1) is 0 Å². The third-order valence-electron chi connectivity index (χ3n) is 3.70. The molecule has 0 atom stereocenters. The fourth-order valence-electron chi connectivity index (χ4n) is 2.62. The van der Waals surface area contributed by atoms with Crippen molar-refractivity contribution in [2.24, 2.45) is 0 Å². The van der Waals surface area contributed by atoms with Crippen molar-refractivity contribution in [3.8, 4) is 0 Å². The average Bonchev–Trinajstić information content (AvgIpc) is 2.90. The van der Waals surface area contributed by atoms with E-state index in [-0.39, 0.29) is 6.10 Å². The normalized spacial score (nSPS) is 22.9. The number of hydrogen-bond acceptors (Lipinski definition) is 6. The molecule has 1 saturated carbocycles. The van der Waals surface area contributed by atoms with Crippen molar-refractivity contribution < 1.29 is 5.11 Å². The van der Waals surface area contributed by atoms with E-state index in [2.05, 4.69) is 26.7 Å². The summed E-state index contributed by atoms with van der Waals surface area (Å²) in [6.45, 7) is 2.85. The molecule has 0 spiro atoms. The largest absolute Gasteiger partial charge is 0.393 e. The van der Waals surface area contributed by atoms with Gasteiger partial charge in [0.05, 0.1) is 11.5 Å². The van der Waals surface area contributed by atoms with Crippen LogP contribution in [0.15, 0.2) is 11.4 Å². The molecular formula is C14H20N4OS. The van der Waals surface area contributed by atoms with E-state index in [1.165, 1.54) is 0 Å². The van der Waals surface area contributed by atoms with Gasteiger partial charge < -0.3 is 15.7 Å². The van der Waals surface area contributed by atoms with Gasteiger partial charge in [0, 0.05) is 12.6 Å². The first kappa shape index (κ1) is 13.6. The van der Waals surface area contributed by atoms with Gasteiger partial charge >= 0.3 is 0 Å². The van der Waals surface area contributed by atoms with Crippen molar-refractivity contribution >= 4 is 33.3 Å². The number of aromatic nitrogens is 2. The second-order valence-corrected chi connectivity index (χ2v) is 6.11. The summed E-state index contributed by atoms with van der Waals surface area (Å²) in [6.07, 6.45) is 3.60. The van der Waals surface area contributed by atoms with Gasteiger partial charge in [0.25, 0.3) is 0 Å². The Kier molecular flexibility index (Phi) is 4.03. The highest BCUT2D eigenvalue weighted by molar-refractivity contribution is 7.16. The van der Waals surface area contributed by atoms with E-state index in [9.17, 15) is 5.11 Å². The summed E-state index contributed by atoms with van der Waals surface area (Å²) in [6, 6.07) is 2.46. The van der Waals surface area contributed by atoms with E-state index in [4.69, 9.17) is 0 Å². The number of thiophene rings is 1. The molecule has 20 heavy (non-hydrogen) atoms. The standard InChI is InChI=1S/C14H20N4OS/c1-2-15-14-17-12(11-7-8-20-13(11)18-14)16-9-3-5-10(19)6-4-9/h7-10,19H,2-6H2,1H3,(H2,15,16,17,18). The summed E-state index contributed by atoms with van der Waals surface area (Å²) < 4.78 is 0. The Hall–Kier alpha value is -1.40. The lowest BCUT2D eigenvalue weighted by Gasteiger charge is -2.26. The molecule has 0 bridgehead atoms. The Bertz CT molecular complexity index is 578. The molecular weight excluding hydrogens is 272 g/mol. The van der Waals surface area contributed by atoms with Crippen molar-refractivity contribution in [3.05, 3.63) is 11.4 Å². The molecule has 108 valence electrons. The van der Waals surface area contributed by atoms with Crippen LogP contribution >= 0.6 is 11.3 Å². The fourth-order valence-corrected chi connectivity index (χ4v) is 3.38. The molecule has 3 N–H and O–H groups in total. The molecule has 0 aromatic carbocycles. The van der Waals surface area contributed by atoms with Gasteiger partial charge in [-0.1, -0.05) is 0 Å². The van der Waals surface area contributed by atoms with Gasteiger partial charge in [-0.25, -0.2) is 4.98 Å². The Morgan fingerprint density at radius 1 is 1.30 bits per heavy atom. The zero-order valence-electron chi connectivity index (χ0n) is 11.6. The van der Waals surface area contributed by atoms with Crippen LogP contribution in [-0.4, -0.2) is 33.8 Å². The number of hydrogen-bond donors (Lipinski definition) is 3. The maximum absolute atomic E-state index is 9.58. The van der Waals surface area contributed by atoms with Gasteiger partial charge in [0.2, 0.25) is 5.95 Å². The highest BCUT2D eigenvalue weighted by atomic mass is 32.1. The molecule has 1 aliphatic rings. The van der Waals surface area contributed by atoms with E-state index < -0.39 is 0 Å². The van der Waals surface area contributed by atoms with Crippen LogP contribution in [-0.2, 0) is 0 Å². The smallest absolute Gasteiger partial charge is 0.226 e. The molecule has 2 aromatic heterocycles. The second kappa shape index (κ2) is 5.93. The Morgan fingerprint density at radius 2 is 2.10 bits per heavy atom. The molecule has 2 aromatic rings. The molecule has 0 radical (unpaired) electrons. The van der Waals surface area contributed by atoms with Crippen LogP contribution in [0.1, 0.15) is 32.6 Å². The summed E-state index contributed by atoms with van der Waals surface area (Å²) in [4.78, 5) is 10.1. The zero-order valence-corrected chi connectivity index (χ0v) is 12.4. The minimum atomic E-state index is -0.128. The lowest BCUT2D eigenvalue weighted by Crippen LogP contribution is -2.28. The molecule has 0 aliphatic heterocycles. The highest BCUT2D eigenvalue weighted by Gasteiger charge is 2.20. The van der Waals surface area contributed by atoms with Crippen LogP contribution in [0.2, 0.25) is 0 Å². The number of nitrogens with one attached hydrogen (secondary N) is 2. The zero-order chi connectivity index (χ0) is 13.9. The molecule has 2 heterocycles. The minimum Gasteiger partial charge on any atom is -0.393 e. The van der Waals surface area contributed by atoms with Crippen molar-refractivity contribution in [2.75, 3.05) is 17.2 Å². The second-order valence-electron chi connectivity index (χ2n) is 5.22. The van der Waals surface area contributed by atoms with Gasteiger partial charge in [-0.3, -0.25) is 0 Å². The van der Waals surface area contributed by atoms with Crippen molar-refractivity contribution in [1.82, 2.24) is 9.97 Å². The van der Waals surface area contributed by atoms with Crippen LogP contribution in [0.3, 0.4) is 0 Å². The first-order valence-corrected chi connectivity index (χ1v) is 8.08. The number of rotatable bonds is 4. The van der Waals surface area contributed by atoms with Gasteiger partial charge in [-0.05, 0) is 44.1 Å². The molecule has 0 saturated heterocycles. The Labute approximate surface area is 122 Å². The minimum absolute atomic E-state index is 0.128. The van der Waals surface area contributed by atoms with Crippen molar-refractivity contribution in [2.45, 2.75) is 44.8 Å². The number of fused-ring (bicyclic) bond motifs is 1. The first-order chi connectivity index (χ1) is 9.76. The topological polar surface area (TPSA) is 70.1 Å². The molecule has 6 heteroatoms. The Balaban J connectivity index is 1.83. The monoisotopic (exact) mass is 292 g/mol. The maximum atomic E-state index is 9.58. The molecule has 0 unspecified atom stereocenters. The van der Waals surface area contributed by atoms with Crippen LogP contribution in [0.25, 0.3) is 10.2 Å². The molecule has 1 aliphatic carbocycles. The average molecular weight is 292 g/mol. The fraction of sp³-hybridized carbons (Fsp3) is 0.571. The van der Waals surface area contributed by atoms with E-state index in [1.54, 1.807) is 11.3 Å². The molecule has 5 nitrogen and oxygen atoms in total. The molecule has 3 rings (SSSR count). The van der Waals surface area contributed by atoms with E-state index >= 15 is 0 Å². The summed E-state index contributed by atoms with van der Waals surface area (Å²) in [5.74, 6) is 1.59. The van der Waals surface area contributed by atoms with Gasteiger partial charge in [-0.2, -0.15) is 4.98 Å². The van der Waals surface area contributed by atoms with E-state index in [0.29, 0.717) is 12.0 Å². The summed E-state index contributed by atoms with van der Waals surface area (Å²) in [5, 5.41) is 19.4. The lowest BCUT2D eigenvalue weighted by molar-refractivity contribution is 0.126. The first-order valence-electron chi connectivity index (χ1n) is 7.20. The summed E-state index contributed by atoms with van der Waals surface area (Å²) in [5.41, 5.74) is 0. The SMILES string of the molecule is CCNc1nc(NC2CCC(O)CC2)c2ccsc2n1. The quantitative estimate of drug-likeness (QED) is 0.808. The van der Waals surface area contributed by atoms with Crippen LogP contribution in [0.5, 0.6) is 0 Å². The number of anilines is 2. The van der Waals surface area contributed by atoms with Gasteiger partial charge in [-0.15, -0.1) is 11.3 Å². The van der Waals surface area contributed by atoms with Crippen molar-refractivity contribution in [1.29, 1.82) is 0 Å². The van der Waals surface area contributed by atoms with Gasteiger partial charge in [0.1, 0.15) is 10.6 Å². The number of aliphatic hydroxyl groups is 1. The number of aliphatic hydroxyl groups excluding tert-OH is 1. The third-order valence-corrected chi connectivity index (χ3v) is 4.50. The molecule has 1 fully saturated rings. The predicted molar refractivity (Wildman–Crippen MR) is 83.5 cm³/mol. The summed E-state index contributed by atoms with van der Waals surface area (Å²) >= 11 is 1.63. The highest BCUT2D eigenvalue weighted by Crippen LogP contribution is 2.29. The maximum Gasteiger partial charge on any atom is 0.226 e.